The second-order valence-electron chi connectivity index (χ2n) is 6.88. The van der Waals surface area contributed by atoms with Crippen LogP contribution in [0.25, 0.3) is 10.1 Å². The molecule has 7 nitrogen and oxygen atoms in total. The summed E-state index contributed by atoms with van der Waals surface area (Å²) < 4.78 is 52.2. The van der Waals surface area contributed by atoms with E-state index in [9.17, 15) is 32.5 Å². The Bertz CT molecular complexity index is 1210. The van der Waals surface area contributed by atoms with Crippen molar-refractivity contribution in [1.82, 2.24) is 4.98 Å². The van der Waals surface area contributed by atoms with Gasteiger partial charge in [-0.15, -0.1) is 0 Å². The fraction of sp³-hybridized carbons (Fsp3) is 0.263. The number of aromatic nitrogens is 1. The summed E-state index contributed by atoms with van der Waals surface area (Å²) in [6, 6.07) is 7.05. The van der Waals surface area contributed by atoms with Crippen molar-refractivity contribution in [2.75, 3.05) is 36.0 Å². The summed E-state index contributed by atoms with van der Waals surface area (Å²) in [7, 11) is 0. The Morgan fingerprint density at radius 1 is 1.03 bits per heavy atom. The van der Waals surface area contributed by atoms with Crippen LogP contribution in [-0.4, -0.2) is 36.1 Å². The zero-order valence-corrected chi connectivity index (χ0v) is 16.5. The number of nitro benzene ring substituents is 1. The summed E-state index contributed by atoms with van der Waals surface area (Å²) >= 11 is 0.819. The Hall–Kier alpha value is -3.28. The fourth-order valence-electron chi connectivity index (χ4n) is 3.38. The minimum absolute atomic E-state index is 0.144. The van der Waals surface area contributed by atoms with Gasteiger partial charge >= 0.3 is 6.18 Å². The second-order valence-corrected chi connectivity index (χ2v) is 7.86. The van der Waals surface area contributed by atoms with Crippen LogP contribution in [0.5, 0.6) is 0 Å². The molecule has 162 valence electrons. The summed E-state index contributed by atoms with van der Waals surface area (Å²) in [6.07, 6.45) is -4.83. The molecule has 1 aliphatic rings. The molecular formula is C19H14F4N4O3S. The number of hydrogen-bond acceptors (Lipinski definition) is 7. The molecule has 12 heteroatoms. The molecule has 1 aliphatic heterocycles. The highest BCUT2D eigenvalue weighted by molar-refractivity contribution is 7.22. The van der Waals surface area contributed by atoms with Crippen molar-refractivity contribution in [3.05, 3.63) is 68.2 Å². The standard InChI is InChI=1S/C19H14F4N4O3S/c20-12-1-3-13(4-2-12)25-5-7-26(8-6-25)18-24-17(28)14-9-11(19(21,22)23)10-15(27(29)30)16(14)31-18/h1-4,9-10H,5-8H2. The number of nitro groups is 1. The predicted molar refractivity (Wildman–Crippen MR) is 108 cm³/mol. The highest BCUT2D eigenvalue weighted by atomic mass is 32.1. The van der Waals surface area contributed by atoms with Crippen molar-refractivity contribution < 1.29 is 22.5 Å². The maximum absolute atomic E-state index is 13.1. The molecule has 1 fully saturated rings. The first-order valence-electron chi connectivity index (χ1n) is 9.09. The molecule has 0 aliphatic carbocycles. The van der Waals surface area contributed by atoms with Gasteiger partial charge in [-0.1, -0.05) is 11.3 Å². The van der Waals surface area contributed by atoms with Gasteiger partial charge in [-0.2, -0.15) is 18.2 Å². The Balaban J connectivity index is 1.66. The lowest BCUT2D eigenvalue weighted by Crippen LogP contribution is -2.47. The molecule has 3 aromatic rings. The van der Waals surface area contributed by atoms with Crippen LogP contribution in [-0.2, 0) is 6.18 Å². The molecule has 4 rings (SSSR count). The number of halogens is 4. The van der Waals surface area contributed by atoms with Gasteiger partial charge in [0.05, 0.1) is 15.9 Å². The monoisotopic (exact) mass is 454 g/mol. The van der Waals surface area contributed by atoms with E-state index in [0.717, 1.165) is 17.0 Å². The van der Waals surface area contributed by atoms with E-state index >= 15 is 0 Å². The van der Waals surface area contributed by atoms with Crippen molar-refractivity contribution in [2.45, 2.75) is 6.18 Å². The van der Waals surface area contributed by atoms with Crippen LogP contribution in [0, 0.1) is 15.9 Å². The molecule has 2 aromatic carbocycles. The lowest BCUT2D eigenvalue weighted by atomic mass is 10.1. The van der Waals surface area contributed by atoms with Gasteiger partial charge in [0.1, 0.15) is 10.5 Å². The number of anilines is 2. The van der Waals surface area contributed by atoms with Crippen molar-refractivity contribution in [2.24, 2.45) is 0 Å². The molecule has 0 N–H and O–H groups in total. The van der Waals surface area contributed by atoms with Gasteiger partial charge in [0.25, 0.3) is 11.2 Å². The highest BCUT2D eigenvalue weighted by Crippen LogP contribution is 2.38. The summed E-state index contributed by atoms with van der Waals surface area (Å²) in [5.74, 6) is -0.345. The van der Waals surface area contributed by atoms with E-state index in [1.807, 2.05) is 4.90 Å². The minimum atomic E-state index is -4.83. The summed E-state index contributed by atoms with van der Waals surface area (Å²) in [4.78, 5) is 30.6. The number of alkyl halides is 3. The first-order chi connectivity index (χ1) is 14.6. The Morgan fingerprint density at radius 2 is 1.65 bits per heavy atom. The van der Waals surface area contributed by atoms with E-state index in [0.29, 0.717) is 38.3 Å². The Morgan fingerprint density at radius 3 is 2.23 bits per heavy atom. The Kier molecular flexibility index (Phi) is 5.25. The average Bonchev–Trinajstić information content (AvgIpc) is 2.73. The molecule has 0 bridgehead atoms. The predicted octanol–water partition coefficient (Wildman–Crippen LogP) is 4.05. The van der Waals surface area contributed by atoms with E-state index in [4.69, 9.17) is 0 Å². The topological polar surface area (TPSA) is 79.6 Å². The van der Waals surface area contributed by atoms with Crippen molar-refractivity contribution >= 4 is 37.9 Å². The van der Waals surface area contributed by atoms with E-state index < -0.39 is 33.3 Å². The van der Waals surface area contributed by atoms with E-state index in [1.165, 1.54) is 12.1 Å². The molecule has 2 heterocycles. The van der Waals surface area contributed by atoms with Gasteiger partial charge in [0.15, 0.2) is 5.13 Å². The number of hydrogen-bond donors (Lipinski definition) is 0. The van der Waals surface area contributed by atoms with Crippen LogP contribution in [0.15, 0.2) is 41.2 Å². The summed E-state index contributed by atoms with van der Waals surface area (Å²) in [5, 5.41) is 11.2. The summed E-state index contributed by atoms with van der Waals surface area (Å²) in [6.45, 7) is 1.92. The van der Waals surface area contributed by atoms with E-state index in [1.54, 1.807) is 17.0 Å². The van der Waals surface area contributed by atoms with Crippen molar-refractivity contribution in [1.29, 1.82) is 0 Å². The van der Waals surface area contributed by atoms with E-state index in [-0.39, 0.29) is 15.6 Å². The molecular weight excluding hydrogens is 440 g/mol. The third kappa shape index (κ3) is 4.15. The van der Waals surface area contributed by atoms with Crippen LogP contribution in [0.2, 0.25) is 0 Å². The molecule has 0 saturated carbocycles. The largest absolute Gasteiger partial charge is 0.416 e. The lowest BCUT2D eigenvalue weighted by Gasteiger charge is -2.36. The number of fused-ring (bicyclic) bond motifs is 1. The number of benzene rings is 2. The van der Waals surface area contributed by atoms with Crippen molar-refractivity contribution in [3.63, 3.8) is 0 Å². The van der Waals surface area contributed by atoms with Gasteiger partial charge in [-0.25, -0.2) is 4.39 Å². The van der Waals surface area contributed by atoms with Gasteiger partial charge in [-0.3, -0.25) is 14.9 Å². The van der Waals surface area contributed by atoms with Crippen LogP contribution in [0.4, 0.5) is 34.1 Å². The number of piperazine rings is 1. The highest BCUT2D eigenvalue weighted by Gasteiger charge is 2.34. The smallest absolute Gasteiger partial charge is 0.368 e. The number of nitrogens with zero attached hydrogens (tertiary/aromatic N) is 4. The molecule has 0 spiro atoms. The van der Waals surface area contributed by atoms with Crippen LogP contribution in [0.1, 0.15) is 5.56 Å². The first kappa shape index (κ1) is 21.0. The first-order valence-corrected chi connectivity index (χ1v) is 9.91. The van der Waals surface area contributed by atoms with Gasteiger partial charge in [-0.05, 0) is 30.3 Å². The molecule has 0 atom stereocenters. The zero-order valence-electron chi connectivity index (χ0n) is 15.7. The maximum Gasteiger partial charge on any atom is 0.416 e. The van der Waals surface area contributed by atoms with Crippen LogP contribution < -0.4 is 15.4 Å². The molecule has 31 heavy (non-hydrogen) atoms. The fourth-order valence-corrected chi connectivity index (χ4v) is 4.50. The third-order valence-corrected chi connectivity index (χ3v) is 6.12. The van der Waals surface area contributed by atoms with Crippen LogP contribution >= 0.6 is 11.3 Å². The molecule has 0 amide bonds. The SMILES string of the molecule is O=c1nc(N2CCN(c3ccc(F)cc3)CC2)sc2c([N+](=O)[O-])cc(C(F)(F)F)cc12. The Labute approximate surface area is 176 Å². The van der Waals surface area contributed by atoms with Crippen LogP contribution in [0.3, 0.4) is 0 Å². The summed E-state index contributed by atoms with van der Waals surface area (Å²) in [5.41, 5.74) is -2.16. The zero-order chi connectivity index (χ0) is 22.3. The molecule has 1 aromatic heterocycles. The molecule has 1 saturated heterocycles. The third-order valence-electron chi connectivity index (χ3n) is 4.96. The second kappa shape index (κ2) is 7.76. The molecule has 0 unspecified atom stereocenters. The van der Waals surface area contributed by atoms with Crippen molar-refractivity contribution in [3.8, 4) is 0 Å². The molecule has 0 radical (unpaired) electrons. The normalized spacial score (nSPS) is 14.8. The quantitative estimate of drug-likeness (QED) is 0.338. The minimum Gasteiger partial charge on any atom is -0.368 e. The lowest BCUT2D eigenvalue weighted by molar-refractivity contribution is -0.383. The number of non-ortho nitro benzene ring substituents is 1. The van der Waals surface area contributed by atoms with Gasteiger partial charge < -0.3 is 9.80 Å². The van der Waals surface area contributed by atoms with Gasteiger partial charge in [0, 0.05) is 37.9 Å². The maximum atomic E-state index is 13.1. The average molecular weight is 454 g/mol. The van der Waals surface area contributed by atoms with E-state index in [2.05, 4.69) is 4.98 Å². The van der Waals surface area contributed by atoms with Gasteiger partial charge in [0.2, 0.25) is 0 Å². The number of rotatable bonds is 3.